The Morgan fingerprint density at radius 1 is 1.09 bits per heavy atom. The summed E-state index contributed by atoms with van der Waals surface area (Å²) in [6.45, 7) is 13.1. The SMILES string of the molecule is C=CCCCCC[C@H](NC(=O)OC(C)(C)C)C(=O)N1CCC[C@H]1C(=O)N[C@]1(C(=O)OCc2ccc(C(=O)NC)cc2)C[C@H]1C=C. The van der Waals surface area contributed by atoms with Gasteiger partial charge in [0, 0.05) is 25.1 Å². The highest BCUT2D eigenvalue weighted by atomic mass is 16.6. The molecule has 3 rings (SSSR count). The van der Waals surface area contributed by atoms with Crippen molar-refractivity contribution in [3.63, 3.8) is 0 Å². The fourth-order valence-corrected chi connectivity index (χ4v) is 5.50. The maximum absolute atomic E-state index is 13.8. The predicted molar refractivity (Wildman–Crippen MR) is 170 cm³/mol. The molecule has 11 heteroatoms. The lowest BCUT2D eigenvalue weighted by Crippen LogP contribution is -2.56. The van der Waals surface area contributed by atoms with Crippen LogP contribution in [0.5, 0.6) is 0 Å². The first-order valence-corrected chi connectivity index (χ1v) is 15.7. The molecule has 11 nitrogen and oxygen atoms in total. The number of rotatable bonds is 15. The normalized spacial score (nSPS) is 21.2. The van der Waals surface area contributed by atoms with Gasteiger partial charge in [-0.25, -0.2) is 9.59 Å². The summed E-state index contributed by atoms with van der Waals surface area (Å²) >= 11 is 0. The molecule has 3 N–H and O–H groups in total. The number of amides is 4. The Morgan fingerprint density at radius 2 is 1.80 bits per heavy atom. The van der Waals surface area contributed by atoms with Gasteiger partial charge in [0.2, 0.25) is 11.8 Å². The van der Waals surface area contributed by atoms with Crippen molar-refractivity contribution >= 4 is 29.8 Å². The quantitative estimate of drug-likeness (QED) is 0.151. The molecule has 0 bridgehead atoms. The van der Waals surface area contributed by atoms with Crippen molar-refractivity contribution in [2.45, 2.75) is 102 Å². The van der Waals surface area contributed by atoms with Gasteiger partial charge in [0.1, 0.15) is 29.8 Å². The van der Waals surface area contributed by atoms with Gasteiger partial charge in [0.15, 0.2) is 0 Å². The lowest BCUT2D eigenvalue weighted by Gasteiger charge is -2.30. The van der Waals surface area contributed by atoms with Crippen LogP contribution in [0.2, 0.25) is 0 Å². The van der Waals surface area contributed by atoms with Gasteiger partial charge >= 0.3 is 12.1 Å². The molecule has 4 atom stereocenters. The highest BCUT2D eigenvalue weighted by Gasteiger charge is 2.62. The molecule has 0 aromatic heterocycles. The number of carbonyl (C=O) groups excluding carboxylic acids is 5. The Morgan fingerprint density at radius 3 is 2.40 bits per heavy atom. The van der Waals surface area contributed by atoms with Crippen LogP contribution in [0.4, 0.5) is 4.79 Å². The van der Waals surface area contributed by atoms with E-state index in [1.54, 1.807) is 58.2 Å². The van der Waals surface area contributed by atoms with Crippen molar-refractivity contribution in [1.29, 1.82) is 0 Å². The smallest absolute Gasteiger partial charge is 0.408 e. The average molecular weight is 625 g/mol. The van der Waals surface area contributed by atoms with E-state index in [1.807, 2.05) is 6.08 Å². The van der Waals surface area contributed by atoms with Crippen LogP contribution in [0.1, 0.15) is 88.1 Å². The Labute approximate surface area is 266 Å². The third-order valence-corrected chi connectivity index (χ3v) is 8.05. The molecule has 1 heterocycles. The van der Waals surface area contributed by atoms with Gasteiger partial charge < -0.3 is 30.3 Å². The number of likely N-dealkylation sites (tertiary alicyclic amines) is 1. The van der Waals surface area contributed by atoms with Crippen LogP contribution >= 0.6 is 0 Å². The number of hydrogen-bond acceptors (Lipinski definition) is 7. The van der Waals surface area contributed by atoms with Crippen LogP contribution in [-0.4, -0.2) is 71.5 Å². The second-order valence-corrected chi connectivity index (χ2v) is 12.7. The number of nitrogens with one attached hydrogen (secondary N) is 3. The van der Waals surface area contributed by atoms with E-state index >= 15 is 0 Å². The maximum Gasteiger partial charge on any atom is 0.408 e. The molecule has 1 saturated carbocycles. The van der Waals surface area contributed by atoms with E-state index in [0.717, 1.165) is 19.3 Å². The number of ether oxygens (including phenoxy) is 2. The summed E-state index contributed by atoms with van der Waals surface area (Å²) in [7, 11) is 1.55. The minimum atomic E-state index is -1.27. The average Bonchev–Trinajstić information content (AvgIpc) is 3.49. The molecule has 1 aliphatic heterocycles. The zero-order valence-corrected chi connectivity index (χ0v) is 27.0. The first kappa shape index (κ1) is 35.3. The van der Waals surface area contributed by atoms with Gasteiger partial charge in [-0.2, -0.15) is 0 Å². The molecular formula is C34H48N4O7. The van der Waals surface area contributed by atoms with Gasteiger partial charge in [-0.1, -0.05) is 37.1 Å². The van der Waals surface area contributed by atoms with E-state index in [0.29, 0.717) is 49.8 Å². The van der Waals surface area contributed by atoms with E-state index in [-0.39, 0.29) is 24.3 Å². The van der Waals surface area contributed by atoms with Gasteiger partial charge in [-0.3, -0.25) is 14.4 Å². The molecule has 2 aliphatic rings. The maximum atomic E-state index is 13.8. The number of benzene rings is 1. The molecule has 0 radical (unpaired) electrons. The Kier molecular flexibility index (Phi) is 12.3. The van der Waals surface area contributed by atoms with Gasteiger partial charge in [0.25, 0.3) is 5.91 Å². The monoisotopic (exact) mass is 624 g/mol. The third kappa shape index (κ3) is 9.67. The van der Waals surface area contributed by atoms with Crippen LogP contribution in [0, 0.1) is 5.92 Å². The first-order chi connectivity index (χ1) is 21.3. The predicted octanol–water partition coefficient (Wildman–Crippen LogP) is 4.17. The molecule has 1 aromatic carbocycles. The summed E-state index contributed by atoms with van der Waals surface area (Å²) in [5.74, 6) is -1.92. The van der Waals surface area contributed by atoms with E-state index in [1.165, 1.54) is 4.90 Å². The number of carbonyl (C=O) groups is 5. The van der Waals surface area contributed by atoms with Crippen molar-refractivity contribution in [3.05, 3.63) is 60.7 Å². The largest absolute Gasteiger partial charge is 0.459 e. The molecule has 4 amide bonds. The van der Waals surface area contributed by atoms with Gasteiger partial charge in [0.05, 0.1) is 0 Å². The number of allylic oxidation sites excluding steroid dienone is 1. The van der Waals surface area contributed by atoms with Crippen molar-refractivity contribution in [2.75, 3.05) is 13.6 Å². The number of hydrogen-bond donors (Lipinski definition) is 3. The van der Waals surface area contributed by atoms with Crippen LogP contribution < -0.4 is 16.0 Å². The third-order valence-electron chi connectivity index (χ3n) is 8.05. The fourth-order valence-electron chi connectivity index (χ4n) is 5.50. The second kappa shape index (κ2) is 15.7. The molecule has 45 heavy (non-hydrogen) atoms. The van der Waals surface area contributed by atoms with Gasteiger partial charge in [-0.05, 0) is 77.0 Å². The summed E-state index contributed by atoms with van der Waals surface area (Å²) in [6, 6.07) is 5.03. The van der Waals surface area contributed by atoms with Crippen LogP contribution in [0.25, 0.3) is 0 Å². The molecule has 1 saturated heterocycles. The number of alkyl carbamates (subject to hydrolysis) is 1. The second-order valence-electron chi connectivity index (χ2n) is 12.7. The highest BCUT2D eigenvalue weighted by Crippen LogP contribution is 2.46. The molecular weight excluding hydrogens is 576 g/mol. The van der Waals surface area contributed by atoms with Crippen LogP contribution in [-0.2, 0) is 30.5 Å². The van der Waals surface area contributed by atoms with E-state index in [4.69, 9.17) is 9.47 Å². The molecule has 2 fully saturated rings. The Hall–Kier alpha value is -4.15. The highest BCUT2D eigenvalue weighted by molar-refractivity contribution is 5.96. The Balaban J connectivity index is 1.67. The topological polar surface area (TPSA) is 143 Å². The molecule has 0 spiro atoms. The Bertz CT molecular complexity index is 1260. The van der Waals surface area contributed by atoms with Gasteiger partial charge in [-0.15, -0.1) is 13.2 Å². The van der Waals surface area contributed by atoms with Crippen molar-refractivity contribution in [1.82, 2.24) is 20.9 Å². The van der Waals surface area contributed by atoms with Crippen molar-refractivity contribution < 1.29 is 33.4 Å². The lowest BCUT2D eigenvalue weighted by atomic mass is 10.0. The van der Waals surface area contributed by atoms with E-state index < -0.39 is 41.2 Å². The zero-order valence-electron chi connectivity index (χ0n) is 27.0. The summed E-state index contributed by atoms with van der Waals surface area (Å²) in [6.07, 6.45) is 7.91. The first-order valence-electron chi connectivity index (χ1n) is 15.7. The van der Waals surface area contributed by atoms with E-state index in [9.17, 15) is 24.0 Å². The van der Waals surface area contributed by atoms with E-state index in [2.05, 4.69) is 29.1 Å². The molecule has 1 aliphatic carbocycles. The molecule has 0 unspecified atom stereocenters. The number of unbranched alkanes of at least 4 members (excludes halogenated alkanes) is 3. The fraction of sp³-hybridized carbons (Fsp3) is 0.559. The van der Waals surface area contributed by atoms with Crippen molar-refractivity contribution in [2.24, 2.45) is 5.92 Å². The summed E-state index contributed by atoms with van der Waals surface area (Å²) < 4.78 is 11.0. The summed E-state index contributed by atoms with van der Waals surface area (Å²) in [4.78, 5) is 66.7. The van der Waals surface area contributed by atoms with Crippen LogP contribution in [0.15, 0.2) is 49.6 Å². The number of esters is 1. The van der Waals surface area contributed by atoms with Crippen LogP contribution in [0.3, 0.4) is 0 Å². The number of nitrogens with zero attached hydrogens (tertiary/aromatic N) is 1. The van der Waals surface area contributed by atoms with Crippen molar-refractivity contribution in [3.8, 4) is 0 Å². The standard InChI is InChI=1S/C34H48N4O7/c1-7-9-10-11-12-14-26(36-32(43)45-33(3,4)5)30(41)38-20-13-15-27(38)29(40)37-34(21-25(34)8-2)31(42)44-22-23-16-18-24(19-17-23)28(39)35-6/h7-8,16-19,25-27H,1-2,9-15,20-22H2,3-6H3,(H,35,39)(H,36,43)(H,37,40)/t25-,26+,27+,34-/m1/s1. The lowest BCUT2D eigenvalue weighted by molar-refractivity contribution is -0.151. The minimum Gasteiger partial charge on any atom is -0.459 e. The molecule has 246 valence electrons. The minimum absolute atomic E-state index is 0.0345. The summed E-state index contributed by atoms with van der Waals surface area (Å²) in [5.41, 5.74) is -0.829. The summed E-state index contributed by atoms with van der Waals surface area (Å²) in [5, 5.41) is 8.17. The molecule has 1 aromatic rings. The zero-order chi connectivity index (χ0) is 33.2.